The van der Waals surface area contributed by atoms with Gasteiger partial charge in [0.1, 0.15) is 0 Å². The van der Waals surface area contributed by atoms with Crippen LogP contribution in [-0.2, 0) is 4.79 Å². The number of nitrogens with zero attached hydrogens (tertiary/aromatic N) is 1. The molecule has 1 saturated heterocycles. The number of urea groups is 1. The summed E-state index contributed by atoms with van der Waals surface area (Å²) in [5.41, 5.74) is 0.699. The first-order valence-electron chi connectivity index (χ1n) is 4.96. The van der Waals surface area contributed by atoms with Crippen molar-refractivity contribution in [2.75, 3.05) is 4.90 Å². The van der Waals surface area contributed by atoms with Gasteiger partial charge < -0.3 is 0 Å². The summed E-state index contributed by atoms with van der Waals surface area (Å²) in [7, 11) is 0. The van der Waals surface area contributed by atoms with E-state index in [1.54, 1.807) is 24.3 Å². The molecule has 16 heavy (non-hydrogen) atoms. The van der Waals surface area contributed by atoms with E-state index in [-0.39, 0.29) is 11.9 Å². The molecule has 2 rings (SSSR count). The van der Waals surface area contributed by atoms with Crippen molar-refractivity contribution >= 4 is 29.2 Å². The SMILES string of the molecule is CC1CC(=O)NC(=O)N1c1cccc(Cl)c1. The van der Waals surface area contributed by atoms with Crippen LogP contribution in [0.2, 0.25) is 5.02 Å². The first kappa shape index (κ1) is 11.0. The summed E-state index contributed by atoms with van der Waals surface area (Å²) >= 11 is 5.86. The van der Waals surface area contributed by atoms with Gasteiger partial charge in [-0.15, -0.1) is 0 Å². The third-order valence-corrected chi connectivity index (χ3v) is 2.71. The molecule has 0 radical (unpaired) electrons. The topological polar surface area (TPSA) is 49.4 Å². The van der Waals surface area contributed by atoms with Crippen molar-refractivity contribution in [3.63, 3.8) is 0 Å². The van der Waals surface area contributed by atoms with E-state index in [0.717, 1.165) is 0 Å². The highest BCUT2D eigenvalue weighted by molar-refractivity contribution is 6.31. The van der Waals surface area contributed by atoms with Crippen molar-refractivity contribution in [2.24, 2.45) is 0 Å². The summed E-state index contributed by atoms with van der Waals surface area (Å²) < 4.78 is 0. The number of nitrogens with one attached hydrogen (secondary N) is 1. The summed E-state index contributed by atoms with van der Waals surface area (Å²) in [5, 5.41) is 2.85. The number of anilines is 1. The molecule has 0 spiro atoms. The Bertz CT molecular complexity index is 447. The first-order valence-corrected chi connectivity index (χ1v) is 5.34. The molecule has 1 unspecified atom stereocenters. The van der Waals surface area contributed by atoms with E-state index >= 15 is 0 Å². The van der Waals surface area contributed by atoms with Gasteiger partial charge in [0.25, 0.3) is 0 Å². The zero-order chi connectivity index (χ0) is 11.7. The molecular weight excluding hydrogens is 228 g/mol. The largest absolute Gasteiger partial charge is 0.328 e. The van der Waals surface area contributed by atoms with Crippen LogP contribution in [0.4, 0.5) is 10.5 Å². The average molecular weight is 239 g/mol. The second-order valence-electron chi connectivity index (χ2n) is 3.76. The lowest BCUT2D eigenvalue weighted by Gasteiger charge is -2.32. The highest BCUT2D eigenvalue weighted by Crippen LogP contribution is 2.24. The van der Waals surface area contributed by atoms with Crippen molar-refractivity contribution in [1.29, 1.82) is 0 Å². The minimum Gasteiger partial charge on any atom is -0.291 e. The Hall–Kier alpha value is -1.55. The van der Waals surface area contributed by atoms with Gasteiger partial charge >= 0.3 is 6.03 Å². The third-order valence-electron chi connectivity index (χ3n) is 2.47. The van der Waals surface area contributed by atoms with Crippen LogP contribution in [0.25, 0.3) is 0 Å². The Labute approximate surface area is 98.2 Å². The molecule has 84 valence electrons. The highest BCUT2D eigenvalue weighted by atomic mass is 35.5. The van der Waals surface area contributed by atoms with Gasteiger partial charge in [0, 0.05) is 23.2 Å². The summed E-state index contributed by atoms with van der Waals surface area (Å²) in [6, 6.07) is 6.45. The molecule has 1 N–H and O–H groups in total. The minimum absolute atomic E-state index is 0.153. The van der Waals surface area contributed by atoms with Gasteiger partial charge in [-0.2, -0.15) is 0 Å². The van der Waals surface area contributed by atoms with Gasteiger partial charge in [0.2, 0.25) is 5.91 Å². The Morgan fingerprint density at radius 2 is 2.19 bits per heavy atom. The Morgan fingerprint density at radius 1 is 1.44 bits per heavy atom. The van der Waals surface area contributed by atoms with E-state index in [1.165, 1.54) is 4.90 Å². The molecule has 0 saturated carbocycles. The Kier molecular flexibility index (Phi) is 2.83. The maximum absolute atomic E-state index is 11.7. The number of carbonyl (C=O) groups is 2. The monoisotopic (exact) mass is 238 g/mol. The molecule has 1 fully saturated rings. The summed E-state index contributed by atoms with van der Waals surface area (Å²) in [6.45, 7) is 1.83. The third kappa shape index (κ3) is 2.02. The molecule has 1 aliphatic rings. The predicted octanol–water partition coefficient (Wildman–Crippen LogP) is 2.17. The Morgan fingerprint density at radius 3 is 2.81 bits per heavy atom. The maximum Gasteiger partial charge on any atom is 0.328 e. The smallest absolute Gasteiger partial charge is 0.291 e. The first-order chi connectivity index (χ1) is 7.58. The molecule has 4 nitrogen and oxygen atoms in total. The molecule has 1 heterocycles. The van der Waals surface area contributed by atoms with E-state index < -0.39 is 6.03 Å². The van der Waals surface area contributed by atoms with Crippen LogP contribution in [0, 0.1) is 0 Å². The van der Waals surface area contributed by atoms with Gasteiger partial charge in [-0.3, -0.25) is 15.0 Å². The average Bonchev–Trinajstić information content (AvgIpc) is 2.15. The van der Waals surface area contributed by atoms with Crippen molar-refractivity contribution in [3.8, 4) is 0 Å². The van der Waals surface area contributed by atoms with E-state index in [1.807, 2.05) is 6.92 Å². The van der Waals surface area contributed by atoms with Crippen LogP contribution in [0.5, 0.6) is 0 Å². The molecule has 0 aromatic heterocycles. The number of imide groups is 1. The number of rotatable bonds is 1. The summed E-state index contributed by atoms with van der Waals surface area (Å²) in [6.07, 6.45) is 0.304. The number of halogens is 1. The van der Waals surface area contributed by atoms with Crippen LogP contribution < -0.4 is 10.2 Å². The van der Waals surface area contributed by atoms with Crippen LogP contribution in [0.3, 0.4) is 0 Å². The van der Waals surface area contributed by atoms with Gasteiger partial charge in [-0.25, -0.2) is 4.79 Å². The van der Waals surface area contributed by atoms with Gasteiger partial charge in [-0.1, -0.05) is 17.7 Å². The zero-order valence-corrected chi connectivity index (χ0v) is 9.49. The van der Waals surface area contributed by atoms with Crippen LogP contribution >= 0.6 is 11.6 Å². The van der Waals surface area contributed by atoms with E-state index in [4.69, 9.17) is 11.6 Å². The quantitative estimate of drug-likeness (QED) is 0.815. The molecule has 1 aromatic carbocycles. The molecule has 5 heteroatoms. The fraction of sp³-hybridized carbons (Fsp3) is 0.273. The molecule has 1 aromatic rings. The number of hydrogen-bond donors (Lipinski definition) is 1. The van der Waals surface area contributed by atoms with Crippen LogP contribution in [-0.4, -0.2) is 18.0 Å². The van der Waals surface area contributed by atoms with E-state index in [0.29, 0.717) is 17.1 Å². The van der Waals surface area contributed by atoms with E-state index in [9.17, 15) is 9.59 Å². The standard InChI is InChI=1S/C11H11ClN2O2/c1-7-5-10(15)13-11(16)14(7)9-4-2-3-8(12)6-9/h2-4,6-7H,5H2,1H3,(H,13,15,16). The van der Waals surface area contributed by atoms with E-state index in [2.05, 4.69) is 5.32 Å². The molecule has 1 atom stereocenters. The minimum atomic E-state index is -0.397. The number of amides is 3. The molecule has 1 aliphatic heterocycles. The normalized spacial score (nSPS) is 20.9. The van der Waals surface area contributed by atoms with Crippen molar-refractivity contribution in [2.45, 2.75) is 19.4 Å². The lowest BCUT2D eigenvalue weighted by atomic mass is 10.1. The second-order valence-corrected chi connectivity index (χ2v) is 4.19. The maximum atomic E-state index is 11.7. The van der Waals surface area contributed by atoms with Crippen LogP contribution in [0.15, 0.2) is 24.3 Å². The Balaban J connectivity index is 2.32. The molecule has 0 bridgehead atoms. The van der Waals surface area contributed by atoms with Gasteiger partial charge in [0.15, 0.2) is 0 Å². The number of carbonyl (C=O) groups excluding carboxylic acids is 2. The van der Waals surface area contributed by atoms with Gasteiger partial charge in [-0.05, 0) is 25.1 Å². The second kappa shape index (κ2) is 4.14. The van der Waals surface area contributed by atoms with Gasteiger partial charge in [0.05, 0.1) is 0 Å². The lowest BCUT2D eigenvalue weighted by molar-refractivity contribution is -0.120. The van der Waals surface area contributed by atoms with Crippen LogP contribution in [0.1, 0.15) is 13.3 Å². The molecule has 3 amide bonds. The number of hydrogen-bond acceptors (Lipinski definition) is 2. The highest BCUT2D eigenvalue weighted by Gasteiger charge is 2.30. The predicted molar refractivity (Wildman–Crippen MR) is 61.5 cm³/mol. The zero-order valence-electron chi connectivity index (χ0n) is 8.74. The van der Waals surface area contributed by atoms with Crippen molar-refractivity contribution in [1.82, 2.24) is 5.32 Å². The molecular formula is C11H11ClN2O2. The van der Waals surface area contributed by atoms with Crippen molar-refractivity contribution < 1.29 is 9.59 Å². The summed E-state index contributed by atoms with van der Waals surface area (Å²) in [4.78, 5) is 24.4. The summed E-state index contributed by atoms with van der Waals surface area (Å²) in [5.74, 6) is -0.240. The van der Waals surface area contributed by atoms with Crippen molar-refractivity contribution in [3.05, 3.63) is 29.3 Å². The lowest BCUT2D eigenvalue weighted by Crippen LogP contribution is -2.54. The molecule has 0 aliphatic carbocycles. The fourth-order valence-electron chi connectivity index (χ4n) is 1.79. The fourth-order valence-corrected chi connectivity index (χ4v) is 1.97. The number of benzene rings is 1.